The molecule has 1 aliphatic carbocycles. The minimum absolute atomic E-state index is 0.313. The Balaban J connectivity index is 1.75. The number of pyridine rings is 2. The van der Waals surface area contributed by atoms with Crippen LogP contribution in [0, 0.1) is 23.2 Å². The Labute approximate surface area is 216 Å². The fourth-order valence-electron chi connectivity index (χ4n) is 5.24. The van der Waals surface area contributed by atoms with Crippen LogP contribution in [0.25, 0.3) is 22.3 Å². The molecular formula is C29H30ClN5O. The van der Waals surface area contributed by atoms with Crippen LogP contribution >= 0.6 is 11.6 Å². The van der Waals surface area contributed by atoms with Crippen LogP contribution in [0.1, 0.15) is 62.7 Å². The summed E-state index contributed by atoms with van der Waals surface area (Å²) >= 11 is 6.31. The average molecular weight is 500 g/mol. The third kappa shape index (κ3) is 5.00. The molecule has 1 fully saturated rings. The van der Waals surface area contributed by atoms with Gasteiger partial charge in [-0.2, -0.15) is 5.26 Å². The molecule has 0 N–H and O–H groups in total. The first-order chi connectivity index (χ1) is 17.6. The van der Waals surface area contributed by atoms with Crippen molar-refractivity contribution in [2.24, 2.45) is 11.8 Å². The van der Waals surface area contributed by atoms with Gasteiger partial charge < -0.3 is 9.30 Å². The zero-order valence-corrected chi connectivity index (χ0v) is 21.4. The molecule has 3 aromatic heterocycles. The number of rotatable bonds is 7. The van der Waals surface area contributed by atoms with Crippen LogP contribution in [-0.2, 0) is 11.3 Å². The van der Waals surface area contributed by atoms with Crippen LogP contribution in [-0.4, -0.2) is 26.1 Å². The smallest absolute Gasteiger partial charge is 0.143 e. The minimum Gasteiger partial charge on any atom is -0.366 e. The molecule has 0 amide bonds. The Bertz CT molecular complexity index is 1390. The summed E-state index contributed by atoms with van der Waals surface area (Å²) in [4.78, 5) is 14.1. The Morgan fingerprint density at radius 3 is 2.58 bits per heavy atom. The van der Waals surface area contributed by atoms with Gasteiger partial charge in [-0.1, -0.05) is 61.7 Å². The van der Waals surface area contributed by atoms with Crippen LogP contribution in [0.5, 0.6) is 0 Å². The third-order valence-corrected chi connectivity index (χ3v) is 7.30. The maximum Gasteiger partial charge on any atom is 0.143 e. The van der Waals surface area contributed by atoms with E-state index in [2.05, 4.69) is 34.7 Å². The Kier molecular flexibility index (Phi) is 7.31. The summed E-state index contributed by atoms with van der Waals surface area (Å²) in [7, 11) is 0. The third-order valence-electron chi connectivity index (χ3n) is 7.09. The van der Waals surface area contributed by atoms with Gasteiger partial charge in [-0.3, -0.25) is 4.98 Å². The first-order valence-electron chi connectivity index (χ1n) is 12.7. The molecule has 0 spiro atoms. The van der Waals surface area contributed by atoms with Gasteiger partial charge in [0, 0.05) is 37.2 Å². The molecule has 4 aromatic rings. The largest absolute Gasteiger partial charge is 0.366 e. The van der Waals surface area contributed by atoms with Gasteiger partial charge in [0.2, 0.25) is 0 Å². The summed E-state index contributed by atoms with van der Waals surface area (Å²) in [5, 5.41) is 10.3. The van der Waals surface area contributed by atoms with Gasteiger partial charge in [-0.15, -0.1) is 0 Å². The fraction of sp³-hybridized carbons (Fsp3) is 0.379. The van der Waals surface area contributed by atoms with Gasteiger partial charge in [0.1, 0.15) is 23.7 Å². The van der Waals surface area contributed by atoms with Gasteiger partial charge in [0.15, 0.2) is 0 Å². The summed E-state index contributed by atoms with van der Waals surface area (Å²) in [6, 6.07) is 16.0. The van der Waals surface area contributed by atoms with Crippen molar-refractivity contribution in [1.82, 2.24) is 19.5 Å². The lowest BCUT2D eigenvalue weighted by molar-refractivity contribution is 0.0817. The Hall–Kier alpha value is -3.27. The monoisotopic (exact) mass is 499 g/mol. The van der Waals surface area contributed by atoms with Gasteiger partial charge in [-0.25, -0.2) is 9.97 Å². The highest BCUT2D eigenvalue weighted by molar-refractivity contribution is 6.30. The molecule has 0 radical (unpaired) electrons. The van der Waals surface area contributed by atoms with Gasteiger partial charge in [0.05, 0.1) is 21.7 Å². The van der Waals surface area contributed by atoms with Crippen LogP contribution in [0.3, 0.4) is 0 Å². The molecule has 6 nitrogen and oxygen atoms in total. The van der Waals surface area contributed by atoms with E-state index in [4.69, 9.17) is 26.3 Å². The van der Waals surface area contributed by atoms with Gasteiger partial charge >= 0.3 is 0 Å². The molecule has 1 saturated carbocycles. The molecule has 3 heterocycles. The van der Waals surface area contributed by atoms with E-state index in [9.17, 15) is 5.26 Å². The van der Waals surface area contributed by atoms with Crippen molar-refractivity contribution < 1.29 is 4.74 Å². The Morgan fingerprint density at radius 1 is 1.11 bits per heavy atom. The standard InChI is InChI=1S/C29H30ClN5O/c1-3-36-28(21-7-5-4-6-8-21)29-34-25-14-24(15-31)33-26(22-13-23(30)17-32-16-22)27(25)35(29)18-20-11-9-19(2)10-12-20/h4-8,13-14,16-17,19-20,28H,3,9-12,18H2,1-2H3/t19?,20?,28-/m1/s1. The lowest BCUT2D eigenvalue weighted by Crippen LogP contribution is -2.21. The maximum absolute atomic E-state index is 9.74. The molecule has 1 atom stereocenters. The molecule has 0 aliphatic heterocycles. The van der Waals surface area contributed by atoms with Crippen molar-refractivity contribution in [3.63, 3.8) is 0 Å². The van der Waals surface area contributed by atoms with Gasteiger partial charge in [-0.05, 0) is 43.2 Å². The topological polar surface area (TPSA) is 76.6 Å². The molecule has 184 valence electrons. The Morgan fingerprint density at radius 2 is 1.89 bits per heavy atom. The number of aromatic nitrogens is 4. The lowest BCUT2D eigenvalue weighted by atomic mass is 9.83. The van der Waals surface area contributed by atoms with E-state index in [1.54, 1.807) is 18.5 Å². The molecule has 1 aromatic carbocycles. The summed E-state index contributed by atoms with van der Waals surface area (Å²) in [5.41, 5.74) is 4.43. The number of nitriles is 1. The normalized spacial score (nSPS) is 18.7. The predicted molar refractivity (Wildman–Crippen MR) is 142 cm³/mol. The molecular weight excluding hydrogens is 470 g/mol. The van der Waals surface area contributed by atoms with Crippen molar-refractivity contribution in [2.45, 2.75) is 52.2 Å². The van der Waals surface area contributed by atoms with E-state index in [-0.39, 0.29) is 6.10 Å². The average Bonchev–Trinajstić information content (AvgIpc) is 3.26. The van der Waals surface area contributed by atoms with E-state index in [1.807, 2.05) is 31.2 Å². The second-order valence-electron chi connectivity index (χ2n) is 9.68. The van der Waals surface area contributed by atoms with E-state index in [1.165, 1.54) is 25.7 Å². The van der Waals surface area contributed by atoms with Crippen molar-refractivity contribution in [2.75, 3.05) is 6.61 Å². The second kappa shape index (κ2) is 10.8. The highest BCUT2D eigenvalue weighted by atomic mass is 35.5. The number of halogens is 1. The number of fused-ring (bicyclic) bond motifs is 1. The molecule has 5 rings (SSSR count). The SMILES string of the molecule is CCO[C@H](c1ccccc1)c1nc2cc(C#N)nc(-c3cncc(Cl)c3)c2n1CC1CCC(C)CC1. The molecule has 0 unspecified atom stereocenters. The number of imidazole rings is 1. The summed E-state index contributed by atoms with van der Waals surface area (Å²) < 4.78 is 8.60. The molecule has 0 bridgehead atoms. The zero-order valence-electron chi connectivity index (χ0n) is 20.7. The van der Waals surface area contributed by atoms with Crippen molar-refractivity contribution in [3.05, 3.63) is 77.0 Å². The zero-order chi connectivity index (χ0) is 25.1. The van der Waals surface area contributed by atoms with E-state index in [0.29, 0.717) is 28.9 Å². The highest BCUT2D eigenvalue weighted by Gasteiger charge is 2.28. The predicted octanol–water partition coefficient (Wildman–Crippen LogP) is 6.97. The number of benzene rings is 1. The number of hydrogen-bond donors (Lipinski definition) is 0. The van der Waals surface area contributed by atoms with Crippen molar-refractivity contribution in [1.29, 1.82) is 5.26 Å². The molecule has 7 heteroatoms. The maximum atomic E-state index is 9.74. The molecule has 0 saturated heterocycles. The summed E-state index contributed by atoms with van der Waals surface area (Å²) in [6.07, 6.45) is 7.85. The number of nitrogens with zero attached hydrogens (tertiary/aromatic N) is 5. The van der Waals surface area contributed by atoms with E-state index in [0.717, 1.165) is 40.4 Å². The second-order valence-corrected chi connectivity index (χ2v) is 10.1. The minimum atomic E-state index is -0.331. The van der Waals surface area contributed by atoms with Crippen LogP contribution in [0.15, 0.2) is 54.9 Å². The molecule has 36 heavy (non-hydrogen) atoms. The molecule has 1 aliphatic rings. The van der Waals surface area contributed by atoms with Crippen LogP contribution in [0.2, 0.25) is 5.02 Å². The summed E-state index contributed by atoms with van der Waals surface area (Å²) in [6.45, 7) is 5.72. The van der Waals surface area contributed by atoms with Gasteiger partial charge in [0.25, 0.3) is 0 Å². The highest BCUT2D eigenvalue weighted by Crippen LogP contribution is 2.37. The van der Waals surface area contributed by atoms with E-state index < -0.39 is 0 Å². The van der Waals surface area contributed by atoms with Crippen molar-refractivity contribution in [3.8, 4) is 17.3 Å². The first-order valence-corrected chi connectivity index (χ1v) is 13.0. The number of hydrogen-bond acceptors (Lipinski definition) is 5. The lowest BCUT2D eigenvalue weighted by Gasteiger charge is -2.28. The quantitative estimate of drug-likeness (QED) is 0.274. The first kappa shape index (κ1) is 24.4. The van der Waals surface area contributed by atoms with E-state index >= 15 is 0 Å². The van der Waals surface area contributed by atoms with Crippen LogP contribution < -0.4 is 0 Å². The fourth-order valence-corrected chi connectivity index (χ4v) is 5.42. The van der Waals surface area contributed by atoms with Crippen molar-refractivity contribution >= 4 is 22.6 Å². The number of ether oxygens (including phenoxy) is 1. The van der Waals surface area contributed by atoms with Crippen LogP contribution in [0.4, 0.5) is 0 Å². The summed E-state index contributed by atoms with van der Waals surface area (Å²) in [5.74, 6) is 2.15.